The molecule has 1 aromatic carbocycles. The van der Waals surface area contributed by atoms with Crippen molar-refractivity contribution in [3.05, 3.63) is 35.4 Å². The molecule has 1 heterocycles. The molecule has 3 N–H and O–H groups in total. The summed E-state index contributed by atoms with van der Waals surface area (Å²) in [4.78, 5) is 25.7. The number of halogens is 2. The number of morpholine rings is 1. The van der Waals surface area contributed by atoms with Crippen LogP contribution in [0.5, 0.6) is 0 Å². The van der Waals surface area contributed by atoms with Crippen LogP contribution < -0.4 is 5.32 Å². The van der Waals surface area contributed by atoms with E-state index in [1.54, 1.807) is 20.8 Å². The Balaban J connectivity index is 2.29. The van der Waals surface area contributed by atoms with Gasteiger partial charge in [0, 0.05) is 13.0 Å². The van der Waals surface area contributed by atoms with E-state index in [0.29, 0.717) is 0 Å². The van der Waals surface area contributed by atoms with Crippen LogP contribution in [0.15, 0.2) is 18.2 Å². The summed E-state index contributed by atoms with van der Waals surface area (Å²) >= 11 is 0. The normalized spacial score (nSPS) is 21.4. The van der Waals surface area contributed by atoms with Gasteiger partial charge in [0.2, 0.25) is 5.91 Å². The van der Waals surface area contributed by atoms with Crippen molar-refractivity contribution in [2.24, 2.45) is 0 Å². The first-order valence-electron chi connectivity index (χ1n) is 10.0. The fraction of sp³-hybridized carbons (Fsp3) is 0.619. The number of hydrogen-bond acceptors (Lipinski definition) is 6. The van der Waals surface area contributed by atoms with Crippen molar-refractivity contribution < 1.29 is 38.1 Å². The van der Waals surface area contributed by atoms with Gasteiger partial charge in [0.05, 0.1) is 44.1 Å². The van der Waals surface area contributed by atoms with Gasteiger partial charge in [-0.15, -0.1) is 0 Å². The van der Waals surface area contributed by atoms with Gasteiger partial charge >= 0.3 is 6.09 Å². The maximum absolute atomic E-state index is 13.6. The minimum absolute atomic E-state index is 0.0332. The molecule has 1 saturated heterocycles. The molecule has 8 nitrogen and oxygen atoms in total. The Morgan fingerprint density at radius 1 is 1.29 bits per heavy atom. The highest BCUT2D eigenvalue weighted by Crippen LogP contribution is 2.22. The Morgan fingerprint density at radius 2 is 1.90 bits per heavy atom. The Hall–Kier alpha value is -2.30. The van der Waals surface area contributed by atoms with Crippen molar-refractivity contribution in [3.63, 3.8) is 0 Å². The number of carbonyl (C=O) groups is 2. The number of aliphatic hydroxyl groups is 2. The van der Waals surface area contributed by atoms with Crippen LogP contribution in [0.25, 0.3) is 0 Å². The average molecular weight is 444 g/mol. The Bertz CT molecular complexity index is 765. The Morgan fingerprint density at radius 3 is 2.42 bits per heavy atom. The lowest BCUT2D eigenvalue weighted by Gasteiger charge is -2.43. The molecular formula is C21H30F2N2O6. The van der Waals surface area contributed by atoms with Gasteiger partial charge in [-0.2, -0.15) is 0 Å². The van der Waals surface area contributed by atoms with Crippen molar-refractivity contribution in [3.8, 4) is 0 Å². The molecule has 174 valence electrons. The molecular weight excluding hydrogens is 414 g/mol. The molecule has 4 atom stereocenters. The number of aliphatic hydroxyl groups excluding tert-OH is 2. The van der Waals surface area contributed by atoms with E-state index in [1.165, 1.54) is 11.8 Å². The number of amides is 2. The second-order valence-corrected chi connectivity index (χ2v) is 8.62. The summed E-state index contributed by atoms with van der Waals surface area (Å²) in [5.74, 6) is -2.03. The fourth-order valence-corrected chi connectivity index (χ4v) is 3.43. The van der Waals surface area contributed by atoms with Crippen LogP contribution in [0.3, 0.4) is 0 Å². The molecule has 1 aliphatic heterocycles. The van der Waals surface area contributed by atoms with Gasteiger partial charge in [-0.1, -0.05) is 0 Å². The smallest absolute Gasteiger partial charge is 0.410 e. The lowest BCUT2D eigenvalue weighted by atomic mass is 9.94. The SMILES string of the molecule is CC(=O)N[C@@H](Cc1cc(F)cc(F)c1)[C@H](O)C1CO[C@@H](CO)CN1C(=O)OC(C)(C)C. The van der Waals surface area contributed by atoms with Gasteiger partial charge in [0.1, 0.15) is 17.2 Å². The lowest BCUT2D eigenvalue weighted by Crippen LogP contribution is -2.62. The predicted octanol–water partition coefficient (Wildman–Crippen LogP) is 1.37. The van der Waals surface area contributed by atoms with E-state index in [2.05, 4.69) is 5.32 Å². The number of nitrogens with zero attached hydrogens (tertiary/aromatic N) is 1. The van der Waals surface area contributed by atoms with Gasteiger partial charge in [-0.3, -0.25) is 9.69 Å². The molecule has 31 heavy (non-hydrogen) atoms. The van der Waals surface area contributed by atoms with E-state index in [9.17, 15) is 28.6 Å². The monoisotopic (exact) mass is 444 g/mol. The summed E-state index contributed by atoms with van der Waals surface area (Å²) in [7, 11) is 0. The predicted molar refractivity (Wildman–Crippen MR) is 107 cm³/mol. The number of benzene rings is 1. The first-order valence-corrected chi connectivity index (χ1v) is 10.0. The van der Waals surface area contributed by atoms with Gasteiger partial charge in [0.25, 0.3) is 0 Å². The van der Waals surface area contributed by atoms with Crippen LogP contribution in [0.2, 0.25) is 0 Å². The number of carbonyl (C=O) groups excluding carboxylic acids is 2. The van der Waals surface area contributed by atoms with Crippen LogP contribution >= 0.6 is 0 Å². The number of rotatable bonds is 6. The van der Waals surface area contributed by atoms with E-state index in [4.69, 9.17) is 9.47 Å². The zero-order valence-corrected chi connectivity index (χ0v) is 18.1. The van der Waals surface area contributed by atoms with E-state index in [1.807, 2.05) is 0 Å². The van der Waals surface area contributed by atoms with Crippen LogP contribution in [0.1, 0.15) is 33.3 Å². The number of ether oxygens (including phenoxy) is 2. The summed E-state index contributed by atoms with van der Waals surface area (Å²) in [6, 6.07) is 1.04. The largest absolute Gasteiger partial charge is 0.444 e. The third-order valence-electron chi connectivity index (χ3n) is 4.71. The van der Waals surface area contributed by atoms with Crippen LogP contribution in [0, 0.1) is 11.6 Å². The quantitative estimate of drug-likeness (QED) is 0.612. The Kier molecular flexibility index (Phi) is 8.33. The molecule has 2 rings (SSSR count). The summed E-state index contributed by atoms with van der Waals surface area (Å²) < 4.78 is 38.1. The Labute approximate surface area is 180 Å². The van der Waals surface area contributed by atoms with Crippen molar-refractivity contribution >= 4 is 12.0 Å². The van der Waals surface area contributed by atoms with Crippen molar-refractivity contribution in [2.45, 2.75) is 64.0 Å². The summed E-state index contributed by atoms with van der Waals surface area (Å²) in [6.07, 6.45) is -2.80. The standard InChI is InChI=1S/C21H30F2N2O6/c1-12(27)24-17(7-13-5-14(22)8-15(23)6-13)19(28)18-11-30-16(10-26)9-25(18)20(29)31-21(2,3)4/h5-6,8,16-19,26,28H,7,9-11H2,1-4H3,(H,24,27)/t16-,17+,18?,19+/m1/s1. The van der Waals surface area contributed by atoms with Crippen molar-refractivity contribution in [1.29, 1.82) is 0 Å². The van der Waals surface area contributed by atoms with E-state index in [0.717, 1.165) is 18.2 Å². The van der Waals surface area contributed by atoms with Crippen molar-refractivity contribution in [2.75, 3.05) is 19.8 Å². The molecule has 0 saturated carbocycles. The van der Waals surface area contributed by atoms with E-state index < -0.39 is 53.5 Å². The van der Waals surface area contributed by atoms with Gasteiger partial charge in [0.15, 0.2) is 0 Å². The molecule has 0 aromatic heterocycles. The molecule has 0 bridgehead atoms. The minimum atomic E-state index is -1.35. The highest BCUT2D eigenvalue weighted by Gasteiger charge is 2.41. The lowest BCUT2D eigenvalue weighted by molar-refractivity contribution is -0.126. The highest BCUT2D eigenvalue weighted by molar-refractivity contribution is 5.73. The molecule has 1 aromatic rings. The number of nitrogens with one attached hydrogen (secondary N) is 1. The number of hydrogen-bond donors (Lipinski definition) is 3. The second-order valence-electron chi connectivity index (χ2n) is 8.62. The highest BCUT2D eigenvalue weighted by atomic mass is 19.1. The zero-order valence-electron chi connectivity index (χ0n) is 18.1. The van der Waals surface area contributed by atoms with Crippen molar-refractivity contribution in [1.82, 2.24) is 10.2 Å². The molecule has 10 heteroatoms. The van der Waals surface area contributed by atoms with Gasteiger partial charge in [-0.05, 0) is 44.9 Å². The topological polar surface area (TPSA) is 108 Å². The molecule has 0 aliphatic carbocycles. The maximum Gasteiger partial charge on any atom is 0.410 e. The third-order valence-corrected chi connectivity index (χ3v) is 4.71. The summed E-state index contributed by atoms with van der Waals surface area (Å²) in [6.45, 7) is 5.83. The van der Waals surface area contributed by atoms with Gasteiger partial charge in [-0.25, -0.2) is 13.6 Å². The average Bonchev–Trinajstić information content (AvgIpc) is 2.64. The first-order chi connectivity index (χ1) is 14.4. The second kappa shape index (κ2) is 10.3. The molecule has 1 unspecified atom stereocenters. The molecule has 1 fully saturated rings. The molecule has 0 radical (unpaired) electrons. The molecule has 1 aliphatic rings. The molecule has 0 spiro atoms. The van der Waals surface area contributed by atoms with Crippen LogP contribution in [-0.2, 0) is 20.7 Å². The van der Waals surface area contributed by atoms with E-state index in [-0.39, 0.29) is 31.7 Å². The minimum Gasteiger partial charge on any atom is -0.444 e. The third kappa shape index (κ3) is 7.41. The van der Waals surface area contributed by atoms with E-state index >= 15 is 0 Å². The zero-order chi connectivity index (χ0) is 23.3. The van der Waals surface area contributed by atoms with Crippen LogP contribution in [-0.4, -0.2) is 76.8 Å². The summed E-state index contributed by atoms with van der Waals surface area (Å²) in [5.41, 5.74) is -0.570. The fourth-order valence-electron chi connectivity index (χ4n) is 3.43. The first kappa shape index (κ1) is 25.0. The molecule has 2 amide bonds. The van der Waals surface area contributed by atoms with Crippen LogP contribution in [0.4, 0.5) is 13.6 Å². The summed E-state index contributed by atoms with van der Waals surface area (Å²) in [5, 5.41) is 23.1. The van der Waals surface area contributed by atoms with Gasteiger partial charge < -0.3 is 25.0 Å². The maximum atomic E-state index is 13.6.